The van der Waals surface area contributed by atoms with Gasteiger partial charge in [0.25, 0.3) is 21.8 Å². The molecule has 0 unspecified atom stereocenters. The first-order valence-corrected chi connectivity index (χ1v) is 11.6. The average Bonchev–Trinajstić information content (AvgIpc) is 2.98. The summed E-state index contributed by atoms with van der Waals surface area (Å²) in [5, 5.41) is 2.58. The second kappa shape index (κ2) is 8.64. The Kier molecular flexibility index (Phi) is 5.88. The molecule has 0 saturated carbocycles. The average molecular weight is 484 g/mol. The highest BCUT2D eigenvalue weighted by molar-refractivity contribution is 7.92. The van der Waals surface area contributed by atoms with Crippen molar-refractivity contribution in [2.75, 3.05) is 14.9 Å². The van der Waals surface area contributed by atoms with Gasteiger partial charge >= 0.3 is 0 Å². The zero-order valence-electron chi connectivity index (χ0n) is 17.5. The molecule has 0 atom stereocenters. The summed E-state index contributed by atoms with van der Waals surface area (Å²) in [7, 11) is -3.91. The van der Waals surface area contributed by atoms with Gasteiger partial charge in [-0.3, -0.25) is 9.59 Å². The third-order valence-electron chi connectivity index (χ3n) is 4.85. The number of hydrogen-bond donors (Lipinski definition) is 2. The van der Waals surface area contributed by atoms with E-state index in [1.165, 1.54) is 36.7 Å². The van der Waals surface area contributed by atoms with Gasteiger partial charge in [-0.05, 0) is 55.8 Å². The minimum Gasteiger partial charge on any atom is -0.350 e. The molecule has 0 radical (unpaired) electrons. The van der Waals surface area contributed by atoms with E-state index in [1.54, 1.807) is 25.1 Å². The largest absolute Gasteiger partial charge is 0.350 e. The Balaban J connectivity index is 1.54. The number of carbonyl (C=O) groups is 2. The molecule has 2 N–H and O–H groups in total. The third kappa shape index (κ3) is 4.43. The first kappa shape index (κ1) is 22.4. The maximum Gasteiger partial charge on any atom is 0.283 e. The van der Waals surface area contributed by atoms with Crippen molar-refractivity contribution in [2.45, 2.75) is 18.7 Å². The van der Waals surface area contributed by atoms with Crippen LogP contribution < -0.4 is 14.9 Å². The molecule has 2 heterocycles. The van der Waals surface area contributed by atoms with Crippen molar-refractivity contribution in [2.24, 2.45) is 0 Å². The second-order valence-electron chi connectivity index (χ2n) is 7.25. The Bertz CT molecular complexity index is 1390. The second-order valence-corrected chi connectivity index (χ2v) is 9.31. The number of benzene rings is 2. The molecule has 11 heteroatoms. The predicted octanol–water partition coefficient (Wildman–Crippen LogP) is 3.33. The van der Waals surface area contributed by atoms with E-state index in [0.29, 0.717) is 11.4 Å². The number of nitrogens with one attached hydrogen (secondary N) is 2. The lowest BCUT2D eigenvalue weighted by Crippen LogP contribution is -2.32. The normalized spacial score (nSPS) is 14.1. The van der Waals surface area contributed by atoms with Crippen molar-refractivity contribution in [1.82, 2.24) is 9.97 Å². The van der Waals surface area contributed by atoms with Crippen LogP contribution >= 0.6 is 11.6 Å². The van der Waals surface area contributed by atoms with Crippen LogP contribution in [0.15, 0.2) is 76.5 Å². The van der Waals surface area contributed by atoms with Crippen LogP contribution in [0.1, 0.15) is 11.1 Å². The number of anilines is 3. The lowest BCUT2D eigenvalue weighted by molar-refractivity contribution is -0.120. The number of halogens is 1. The van der Waals surface area contributed by atoms with Crippen LogP contribution in [0.25, 0.3) is 0 Å². The molecule has 2 aromatic carbocycles. The minimum absolute atomic E-state index is 0.0358. The Morgan fingerprint density at radius 1 is 0.939 bits per heavy atom. The van der Waals surface area contributed by atoms with E-state index in [1.807, 2.05) is 13.0 Å². The summed E-state index contributed by atoms with van der Waals surface area (Å²) in [6, 6.07) is 12.5. The molecular weight excluding hydrogens is 466 g/mol. The fraction of sp³-hybridized carbons (Fsp3) is 0.0909. The van der Waals surface area contributed by atoms with E-state index in [-0.39, 0.29) is 21.6 Å². The first-order chi connectivity index (χ1) is 15.7. The molecule has 1 aliphatic rings. The number of sulfonamides is 1. The lowest BCUT2D eigenvalue weighted by Gasteiger charge is -2.18. The predicted molar refractivity (Wildman–Crippen MR) is 124 cm³/mol. The number of hydrogen-bond acceptors (Lipinski definition) is 7. The van der Waals surface area contributed by atoms with Crippen LogP contribution in [-0.2, 0) is 19.6 Å². The van der Waals surface area contributed by atoms with Gasteiger partial charge in [0.15, 0.2) is 0 Å². The summed E-state index contributed by atoms with van der Waals surface area (Å²) < 4.78 is 27.3. The van der Waals surface area contributed by atoms with Crippen molar-refractivity contribution < 1.29 is 18.0 Å². The van der Waals surface area contributed by atoms with Crippen LogP contribution in [0.2, 0.25) is 0 Å². The van der Waals surface area contributed by atoms with Gasteiger partial charge in [-0.15, -0.1) is 0 Å². The zero-order valence-corrected chi connectivity index (χ0v) is 19.1. The van der Waals surface area contributed by atoms with Gasteiger partial charge in [0.2, 0.25) is 5.95 Å². The summed E-state index contributed by atoms with van der Waals surface area (Å²) in [5.41, 5.74) is 2.49. The zero-order chi connectivity index (χ0) is 23.8. The van der Waals surface area contributed by atoms with Gasteiger partial charge in [-0.1, -0.05) is 29.3 Å². The number of aromatic nitrogens is 2. The SMILES string of the molecule is Cc1ccc(N2C(=O)C(Cl)=C(Nc3ccc(S(=O)(=O)Nc4ncccn4)cc3)C2=O)c(C)c1. The van der Waals surface area contributed by atoms with Gasteiger partial charge in [-0.25, -0.2) is 28.0 Å². The molecular formula is C22H18ClN5O4S. The summed E-state index contributed by atoms with van der Waals surface area (Å²) in [4.78, 5) is 34.3. The highest BCUT2D eigenvalue weighted by atomic mass is 35.5. The van der Waals surface area contributed by atoms with Crippen LogP contribution in [0.5, 0.6) is 0 Å². The Morgan fingerprint density at radius 2 is 1.61 bits per heavy atom. The van der Waals surface area contributed by atoms with Crippen molar-refractivity contribution in [3.05, 3.63) is 82.8 Å². The Morgan fingerprint density at radius 3 is 2.24 bits per heavy atom. The van der Waals surface area contributed by atoms with E-state index in [4.69, 9.17) is 11.6 Å². The molecule has 1 aromatic heterocycles. The summed E-state index contributed by atoms with van der Waals surface area (Å²) in [6.07, 6.45) is 2.83. The van der Waals surface area contributed by atoms with E-state index in [9.17, 15) is 18.0 Å². The van der Waals surface area contributed by atoms with Gasteiger partial charge < -0.3 is 5.32 Å². The van der Waals surface area contributed by atoms with Crippen molar-refractivity contribution in [3.63, 3.8) is 0 Å². The Hall–Kier alpha value is -3.76. The minimum atomic E-state index is -3.91. The number of nitrogens with zero attached hydrogens (tertiary/aromatic N) is 3. The summed E-state index contributed by atoms with van der Waals surface area (Å²) >= 11 is 6.18. The number of amides is 2. The topological polar surface area (TPSA) is 121 Å². The number of aryl methyl sites for hydroxylation is 2. The van der Waals surface area contributed by atoms with Crippen LogP contribution in [-0.4, -0.2) is 30.2 Å². The van der Waals surface area contributed by atoms with Crippen LogP contribution in [0.3, 0.4) is 0 Å². The standard InChI is InChI=1S/C22H18ClN5O4S/c1-13-4-9-17(14(2)12-13)28-20(29)18(23)19(21(28)30)26-15-5-7-16(8-6-15)33(31,32)27-22-24-10-3-11-25-22/h3-12,26H,1-2H3,(H,24,25,27). The summed E-state index contributed by atoms with van der Waals surface area (Å²) in [6.45, 7) is 3.71. The van der Waals surface area contributed by atoms with Gasteiger partial charge in [-0.2, -0.15) is 0 Å². The molecule has 0 fully saturated rings. The van der Waals surface area contributed by atoms with E-state index >= 15 is 0 Å². The first-order valence-electron chi connectivity index (χ1n) is 9.70. The molecule has 9 nitrogen and oxygen atoms in total. The molecule has 168 valence electrons. The van der Waals surface area contributed by atoms with Crippen molar-refractivity contribution in [3.8, 4) is 0 Å². The highest BCUT2D eigenvalue weighted by Gasteiger charge is 2.39. The van der Waals surface area contributed by atoms with E-state index < -0.39 is 21.8 Å². The van der Waals surface area contributed by atoms with Gasteiger partial charge in [0, 0.05) is 18.1 Å². The van der Waals surface area contributed by atoms with Crippen LogP contribution in [0, 0.1) is 13.8 Å². The van der Waals surface area contributed by atoms with Crippen LogP contribution in [0.4, 0.5) is 17.3 Å². The fourth-order valence-corrected chi connectivity index (χ4v) is 4.45. The molecule has 3 aromatic rings. The van der Waals surface area contributed by atoms with Crippen molar-refractivity contribution >= 4 is 50.8 Å². The quantitative estimate of drug-likeness (QED) is 0.516. The maximum absolute atomic E-state index is 13.0. The molecule has 0 saturated heterocycles. The highest BCUT2D eigenvalue weighted by Crippen LogP contribution is 2.32. The monoisotopic (exact) mass is 483 g/mol. The van der Waals surface area contributed by atoms with Gasteiger partial charge in [0.05, 0.1) is 10.6 Å². The molecule has 0 spiro atoms. The molecule has 0 bridgehead atoms. The van der Waals surface area contributed by atoms with Gasteiger partial charge in [0.1, 0.15) is 10.7 Å². The molecule has 0 aliphatic carbocycles. The third-order valence-corrected chi connectivity index (χ3v) is 6.54. The van der Waals surface area contributed by atoms with E-state index in [2.05, 4.69) is 20.0 Å². The number of carbonyl (C=O) groups excluding carboxylic acids is 2. The van der Waals surface area contributed by atoms with Crippen molar-refractivity contribution in [1.29, 1.82) is 0 Å². The molecule has 33 heavy (non-hydrogen) atoms. The molecule has 2 amide bonds. The number of rotatable bonds is 6. The van der Waals surface area contributed by atoms with E-state index in [0.717, 1.165) is 16.0 Å². The molecule has 4 rings (SSSR count). The molecule has 1 aliphatic heterocycles. The number of imide groups is 1. The fourth-order valence-electron chi connectivity index (χ4n) is 3.28. The lowest BCUT2D eigenvalue weighted by atomic mass is 10.1. The maximum atomic E-state index is 13.0. The Labute approximate surface area is 195 Å². The smallest absolute Gasteiger partial charge is 0.283 e. The summed E-state index contributed by atoms with van der Waals surface area (Å²) in [5.74, 6) is -1.29.